The first kappa shape index (κ1) is 11.4. The third-order valence-electron chi connectivity index (χ3n) is 2.53. The van der Waals surface area contributed by atoms with Gasteiger partial charge >= 0.3 is 0 Å². The molecule has 3 heteroatoms. The maximum Gasteiger partial charge on any atom is 0.106 e. The average molecular weight is 169 g/mol. The number of hydrogen-bond donors (Lipinski definition) is 1. The highest BCUT2D eigenvalue weighted by atomic mass is 15.2. The molecule has 0 heterocycles. The average Bonchev–Trinajstić information content (AvgIpc) is 2.04. The van der Waals surface area contributed by atoms with Crippen LogP contribution < -0.4 is 5.73 Å². The van der Waals surface area contributed by atoms with Crippen LogP contribution >= 0.6 is 0 Å². The highest BCUT2D eigenvalue weighted by Gasteiger charge is 2.22. The van der Waals surface area contributed by atoms with E-state index >= 15 is 0 Å². The largest absolute Gasteiger partial charge is 0.315 e. The number of nitrogens with two attached hydrogens (primary N) is 1. The molecule has 0 aromatic rings. The van der Waals surface area contributed by atoms with Gasteiger partial charge < -0.3 is 5.73 Å². The van der Waals surface area contributed by atoms with Crippen LogP contribution in [0.2, 0.25) is 0 Å². The summed E-state index contributed by atoms with van der Waals surface area (Å²) in [6.45, 7) is 7.07. The fraction of sp³-hybridized carbons (Fsp3) is 0.889. The molecule has 70 valence electrons. The molecule has 0 bridgehead atoms. The van der Waals surface area contributed by atoms with Crippen LogP contribution in [-0.4, -0.2) is 30.1 Å². The van der Waals surface area contributed by atoms with Crippen molar-refractivity contribution in [2.24, 2.45) is 5.73 Å². The van der Waals surface area contributed by atoms with E-state index in [1.807, 2.05) is 13.1 Å². The van der Waals surface area contributed by atoms with Gasteiger partial charge in [-0.2, -0.15) is 5.26 Å². The van der Waals surface area contributed by atoms with E-state index in [0.29, 0.717) is 6.54 Å². The van der Waals surface area contributed by atoms with Gasteiger partial charge in [0.25, 0.3) is 0 Å². The van der Waals surface area contributed by atoms with Crippen LogP contribution in [0, 0.1) is 11.3 Å². The zero-order valence-corrected chi connectivity index (χ0v) is 8.46. The van der Waals surface area contributed by atoms with Gasteiger partial charge in [0, 0.05) is 12.1 Å². The Morgan fingerprint density at radius 2 is 2.08 bits per heavy atom. The molecular formula is C9H19N3. The highest BCUT2D eigenvalue weighted by molar-refractivity contribution is 4.91. The minimum absolute atomic E-state index is 0.133. The quantitative estimate of drug-likeness (QED) is 0.682. The standard InChI is InChI=1S/C9H19N3/c1-5-9(2,3)12(4)7-8(11)6-10/h8H,5,7,11H2,1-4H3. The Hall–Kier alpha value is -0.590. The summed E-state index contributed by atoms with van der Waals surface area (Å²) in [5, 5.41) is 8.52. The van der Waals surface area contributed by atoms with E-state index in [-0.39, 0.29) is 11.6 Å². The van der Waals surface area contributed by atoms with E-state index in [9.17, 15) is 0 Å². The van der Waals surface area contributed by atoms with E-state index in [1.165, 1.54) is 0 Å². The smallest absolute Gasteiger partial charge is 0.106 e. The monoisotopic (exact) mass is 169 g/mol. The topological polar surface area (TPSA) is 53.0 Å². The van der Waals surface area contributed by atoms with Gasteiger partial charge in [0.05, 0.1) is 6.07 Å². The van der Waals surface area contributed by atoms with E-state index < -0.39 is 0 Å². The summed E-state index contributed by atoms with van der Waals surface area (Å²) in [6, 6.07) is 1.65. The molecule has 0 spiro atoms. The van der Waals surface area contributed by atoms with E-state index in [1.54, 1.807) is 0 Å². The summed E-state index contributed by atoms with van der Waals surface area (Å²) < 4.78 is 0. The number of hydrogen-bond acceptors (Lipinski definition) is 3. The van der Waals surface area contributed by atoms with Crippen LogP contribution in [0.15, 0.2) is 0 Å². The molecule has 0 saturated heterocycles. The van der Waals surface area contributed by atoms with Crippen LogP contribution in [0.25, 0.3) is 0 Å². The first-order valence-corrected chi connectivity index (χ1v) is 4.30. The molecule has 1 unspecified atom stereocenters. The summed E-state index contributed by atoms with van der Waals surface area (Å²) >= 11 is 0. The predicted octanol–water partition coefficient (Wildman–Crippen LogP) is 0.958. The van der Waals surface area contributed by atoms with Crippen molar-refractivity contribution >= 4 is 0 Å². The van der Waals surface area contributed by atoms with Crippen molar-refractivity contribution in [2.45, 2.75) is 38.8 Å². The van der Waals surface area contributed by atoms with Crippen molar-refractivity contribution in [3.63, 3.8) is 0 Å². The Kier molecular flexibility index (Phi) is 4.22. The molecule has 12 heavy (non-hydrogen) atoms. The highest BCUT2D eigenvalue weighted by Crippen LogP contribution is 2.15. The van der Waals surface area contributed by atoms with Crippen molar-refractivity contribution < 1.29 is 0 Å². The van der Waals surface area contributed by atoms with Gasteiger partial charge in [-0.15, -0.1) is 0 Å². The van der Waals surface area contributed by atoms with E-state index in [2.05, 4.69) is 25.7 Å². The fourth-order valence-corrected chi connectivity index (χ4v) is 0.853. The van der Waals surface area contributed by atoms with Crippen molar-refractivity contribution in [2.75, 3.05) is 13.6 Å². The number of nitrogens with zero attached hydrogens (tertiary/aromatic N) is 2. The van der Waals surface area contributed by atoms with Gasteiger partial charge in [-0.25, -0.2) is 0 Å². The molecule has 0 rings (SSSR count). The van der Waals surface area contributed by atoms with Gasteiger partial charge in [-0.1, -0.05) is 6.92 Å². The van der Waals surface area contributed by atoms with Gasteiger partial charge in [-0.05, 0) is 27.3 Å². The number of nitriles is 1. The summed E-state index contributed by atoms with van der Waals surface area (Å²) in [4.78, 5) is 2.13. The lowest BCUT2D eigenvalue weighted by molar-refractivity contribution is 0.149. The van der Waals surface area contributed by atoms with E-state index in [4.69, 9.17) is 11.0 Å². The van der Waals surface area contributed by atoms with Gasteiger partial charge in [0.15, 0.2) is 0 Å². The van der Waals surface area contributed by atoms with Gasteiger partial charge in [0.1, 0.15) is 6.04 Å². The maximum atomic E-state index is 8.52. The Bertz CT molecular complexity index is 169. The lowest BCUT2D eigenvalue weighted by Gasteiger charge is -2.35. The Labute approximate surface area is 75.2 Å². The second-order valence-corrected chi connectivity index (χ2v) is 3.78. The summed E-state index contributed by atoms with van der Waals surface area (Å²) in [5.74, 6) is 0. The van der Waals surface area contributed by atoms with Crippen LogP contribution in [0.3, 0.4) is 0 Å². The van der Waals surface area contributed by atoms with Gasteiger partial charge in [-0.3, -0.25) is 4.90 Å². The molecule has 0 aromatic heterocycles. The Morgan fingerprint density at radius 1 is 1.58 bits per heavy atom. The lowest BCUT2D eigenvalue weighted by Crippen LogP contribution is -2.46. The first-order chi connectivity index (χ1) is 5.44. The Morgan fingerprint density at radius 3 is 2.42 bits per heavy atom. The van der Waals surface area contributed by atoms with Crippen molar-refractivity contribution in [3.05, 3.63) is 0 Å². The predicted molar refractivity (Wildman–Crippen MR) is 50.6 cm³/mol. The second-order valence-electron chi connectivity index (χ2n) is 3.78. The van der Waals surface area contributed by atoms with Crippen LogP contribution in [0.1, 0.15) is 27.2 Å². The molecule has 0 aliphatic rings. The molecule has 2 N–H and O–H groups in total. The number of likely N-dealkylation sites (N-methyl/N-ethyl adjacent to an activating group) is 1. The summed E-state index contributed by atoms with van der Waals surface area (Å²) in [7, 11) is 2.00. The lowest BCUT2D eigenvalue weighted by atomic mass is 9.99. The van der Waals surface area contributed by atoms with Crippen molar-refractivity contribution in [1.82, 2.24) is 4.90 Å². The molecule has 0 aliphatic heterocycles. The third-order valence-corrected chi connectivity index (χ3v) is 2.53. The third kappa shape index (κ3) is 3.21. The van der Waals surface area contributed by atoms with Crippen LogP contribution in [-0.2, 0) is 0 Å². The zero-order valence-electron chi connectivity index (χ0n) is 8.46. The summed E-state index contributed by atoms with van der Waals surface area (Å²) in [5.41, 5.74) is 5.66. The Balaban J connectivity index is 4.04. The maximum absolute atomic E-state index is 8.52. The van der Waals surface area contributed by atoms with E-state index in [0.717, 1.165) is 6.42 Å². The van der Waals surface area contributed by atoms with Crippen LogP contribution in [0.4, 0.5) is 0 Å². The molecule has 0 fully saturated rings. The van der Waals surface area contributed by atoms with Crippen molar-refractivity contribution in [3.8, 4) is 6.07 Å². The van der Waals surface area contributed by atoms with Crippen molar-refractivity contribution in [1.29, 1.82) is 5.26 Å². The molecule has 0 aromatic carbocycles. The zero-order chi connectivity index (χ0) is 9.78. The first-order valence-electron chi connectivity index (χ1n) is 4.30. The normalized spacial score (nSPS) is 14.4. The molecule has 3 nitrogen and oxygen atoms in total. The number of rotatable bonds is 4. The molecule has 0 radical (unpaired) electrons. The summed E-state index contributed by atoms with van der Waals surface area (Å²) in [6.07, 6.45) is 1.06. The molecule has 0 aliphatic carbocycles. The molecular weight excluding hydrogens is 150 g/mol. The SMILES string of the molecule is CCC(C)(C)N(C)CC(N)C#N. The molecule has 0 amide bonds. The molecule has 0 saturated carbocycles. The van der Waals surface area contributed by atoms with Crippen LogP contribution in [0.5, 0.6) is 0 Å². The minimum Gasteiger partial charge on any atom is -0.315 e. The fourth-order valence-electron chi connectivity index (χ4n) is 0.853. The second kappa shape index (κ2) is 4.44. The van der Waals surface area contributed by atoms with Gasteiger partial charge in [0.2, 0.25) is 0 Å². The molecule has 1 atom stereocenters. The minimum atomic E-state index is -0.374.